The highest BCUT2D eigenvalue weighted by atomic mass is 16.5. The van der Waals surface area contributed by atoms with Gasteiger partial charge < -0.3 is 20.5 Å². The van der Waals surface area contributed by atoms with E-state index in [1.165, 1.54) is 0 Å². The largest absolute Gasteiger partial charge is 0.394 e. The molecule has 1 aromatic rings. The number of benzene rings is 1. The number of aliphatic hydroxyl groups excluding tert-OH is 1. The van der Waals surface area contributed by atoms with Crippen molar-refractivity contribution in [1.29, 1.82) is 0 Å². The van der Waals surface area contributed by atoms with Crippen LogP contribution in [0, 0.1) is 0 Å². The summed E-state index contributed by atoms with van der Waals surface area (Å²) in [6.07, 6.45) is 3.75. The lowest BCUT2D eigenvalue weighted by molar-refractivity contribution is 0.149. The van der Waals surface area contributed by atoms with Crippen LogP contribution >= 0.6 is 0 Å². The van der Waals surface area contributed by atoms with E-state index in [0.29, 0.717) is 6.61 Å². The number of carbonyl (C=O) groups is 1. The molecule has 5 heteroatoms. The maximum absolute atomic E-state index is 12.2. The molecule has 2 amide bonds. The first-order valence-corrected chi connectivity index (χ1v) is 7.42. The Kier molecular flexibility index (Phi) is 5.59. The minimum atomic E-state index is -0.460. The Labute approximate surface area is 125 Å². The monoisotopic (exact) mass is 292 g/mol. The number of hydrogen-bond acceptors (Lipinski definition) is 3. The average Bonchev–Trinajstić information content (AvgIpc) is 2.97. The van der Waals surface area contributed by atoms with Crippen molar-refractivity contribution in [2.45, 2.75) is 37.3 Å². The van der Waals surface area contributed by atoms with Crippen molar-refractivity contribution in [2.75, 3.05) is 20.3 Å². The number of hydrogen-bond donors (Lipinski definition) is 3. The van der Waals surface area contributed by atoms with E-state index in [4.69, 9.17) is 4.74 Å². The molecule has 0 bridgehead atoms. The maximum atomic E-state index is 12.2. The Balaban J connectivity index is 1.98. The normalized spacial score (nSPS) is 18.2. The molecule has 0 aliphatic heterocycles. The number of ether oxygens (including phenoxy) is 1. The fourth-order valence-corrected chi connectivity index (χ4v) is 2.88. The van der Waals surface area contributed by atoms with Crippen LogP contribution in [-0.4, -0.2) is 37.0 Å². The van der Waals surface area contributed by atoms with Crippen LogP contribution in [0.2, 0.25) is 0 Å². The van der Waals surface area contributed by atoms with Crippen LogP contribution < -0.4 is 10.6 Å². The second-order valence-corrected chi connectivity index (χ2v) is 5.66. The number of rotatable bonds is 6. The molecule has 1 aliphatic carbocycles. The van der Waals surface area contributed by atoms with Gasteiger partial charge in [-0.3, -0.25) is 0 Å². The van der Waals surface area contributed by atoms with Gasteiger partial charge >= 0.3 is 6.03 Å². The number of amides is 2. The van der Waals surface area contributed by atoms with Gasteiger partial charge in [-0.05, 0) is 18.4 Å². The minimum Gasteiger partial charge on any atom is -0.394 e. The summed E-state index contributed by atoms with van der Waals surface area (Å²) in [6, 6.07) is 9.27. The van der Waals surface area contributed by atoms with Gasteiger partial charge in [0.05, 0.1) is 24.8 Å². The lowest BCUT2D eigenvalue weighted by Crippen LogP contribution is -2.53. The molecule has 0 aromatic heterocycles. The Morgan fingerprint density at radius 2 is 2.00 bits per heavy atom. The van der Waals surface area contributed by atoms with Crippen molar-refractivity contribution in [1.82, 2.24) is 10.6 Å². The van der Waals surface area contributed by atoms with Crippen molar-refractivity contribution in [3.05, 3.63) is 35.9 Å². The SMILES string of the molecule is COCC(NC(=O)NC1(CO)CCCC1)c1ccccc1. The zero-order chi connectivity index (χ0) is 15.1. The highest BCUT2D eigenvalue weighted by molar-refractivity contribution is 5.75. The molecule has 3 N–H and O–H groups in total. The van der Waals surface area contributed by atoms with Gasteiger partial charge in [-0.1, -0.05) is 43.2 Å². The number of aliphatic hydroxyl groups is 1. The van der Waals surface area contributed by atoms with Crippen LogP contribution in [-0.2, 0) is 4.74 Å². The van der Waals surface area contributed by atoms with Crippen molar-refractivity contribution in [2.24, 2.45) is 0 Å². The third kappa shape index (κ3) is 4.19. The molecule has 5 nitrogen and oxygen atoms in total. The quantitative estimate of drug-likeness (QED) is 0.751. The first kappa shape index (κ1) is 15.8. The molecule has 1 aliphatic rings. The summed E-state index contributed by atoms with van der Waals surface area (Å²) in [5.74, 6) is 0. The molecule has 1 saturated carbocycles. The molecular weight excluding hydrogens is 268 g/mol. The molecule has 2 rings (SSSR count). The molecular formula is C16H24N2O3. The van der Waals surface area contributed by atoms with Gasteiger partial charge in [-0.2, -0.15) is 0 Å². The van der Waals surface area contributed by atoms with E-state index in [9.17, 15) is 9.90 Å². The summed E-state index contributed by atoms with van der Waals surface area (Å²) >= 11 is 0. The summed E-state index contributed by atoms with van der Waals surface area (Å²) in [5, 5.41) is 15.4. The Hall–Kier alpha value is -1.59. The Bertz CT molecular complexity index is 444. The third-order valence-corrected chi connectivity index (χ3v) is 4.08. The minimum absolute atomic E-state index is 0.0132. The third-order valence-electron chi connectivity index (χ3n) is 4.08. The van der Waals surface area contributed by atoms with E-state index in [-0.39, 0.29) is 18.7 Å². The summed E-state index contributed by atoms with van der Waals surface area (Å²) in [5.41, 5.74) is 0.539. The molecule has 1 aromatic carbocycles. The lowest BCUT2D eigenvalue weighted by atomic mass is 9.99. The molecule has 0 spiro atoms. The maximum Gasteiger partial charge on any atom is 0.315 e. The Morgan fingerprint density at radius 1 is 1.33 bits per heavy atom. The molecule has 1 unspecified atom stereocenters. The molecule has 0 radical (unpaired) electrons. The average molecular weight is 292 g/mol. The fraction of sp³-hybridized carbons (Fsp3) is 0.562. The van der Waals surface area contributed by atoms with Gasteiger partial charge in [0.2, 0.25) is 0 Å². The second kappa shape index (κ2) is 7.43. The van der Waals surface area contributed by atoms with Crippen LogP contribution in [0.5, 0.6) is 0 Å². The summed E-state index contributed by atoms with van der Waals surface area (Å²) in [4.78, 5) is 12.2. The van der Waals surface area contributed by atoms with Crippen molar-refractivity contribution in [3.8, 4) is 0 Å². The van der Waals surface area contributed by atoms with Crippen molar-refractivity contribution in [3.63, 3.8) is 0 Å². The van der Waals surface area contributed by atoms with Crippen LogP contribution in [0.4, 0.5) is 4.79 Å². The van der Waals surface area contributed by atoms with E-state index >= 15 is 0 Å². The number of carbonyl (C=O) groups excluding carboxylic acids is 1. The molecule has 0 heterocycles. The van der Waals surface area contributed by atoms with Crippen LogP contribution in [0.3, 0.4) is 0 Å². The molecule has 21 heavy (non-hydrogen) atoms. The second-order valence-electron chi connectivity index (χ2n) is 5.66. The summed E-state index contributed by atoms with van der Waals surface area (Å²) in [6.45, 7) is 0.393. The van der Waals surface area contributed by atoms with Gasteiger partial charge in [0.15, 0.2) is 0 Å². The van der Waals surface area contributed by atoms with Gasteiger partial charge in [0, 0.05) is 7.11 Å². The smallest absolute Gasteiger partial charge is 0.315 e. The van der Waals surface area contributed by atoms with Gasteiger partial charge in [-0.15, -0.1) is 0 Å². The summed E-state index contributed by atoms with van der Waals surface area (Å²) < 4.78 is 5.19. The van der Waals surface area contributed by atoms with Crippen molar-refractivity contribution >= 4 is 6.03 Å². The first-order chi connectivity index (χ1) is 10.2. The fourth-order valence-electron chi connectivity index (χ4n) is 2.88. The molecule has 0 saturated heterocycles. The van der Waals surface area contributed by atoms with E-state index in [1.54, 1.807) is 7.11 Å². The molecule has 1 atom stereocenters. The number of nitrogens with one attached hydrogen (secondary N) is 2. The van der Waals surface area contributed by atoms with Gasteiger partial charge in [0.25, 0.3) is 0 Å². The van der Waals surface area contributed by atoms with Crippen LogP contribution in [0.1, 0.15) is 37.3 Å². The predicted molar refractivity (Wildman–Crippen MR) is 81.0 cm³/mol. The zero-order valence-electron chi connectivity index (χ0n) is 12.5. The molecule has 116 valence electrons. The lowest BCUT2D eigenvalue weighted by Gasteiger charge is -2.29. The van der Waals surface area contributed by atoms with E-state index in [0.717, 1.165) is 31.2 Å². The van der Waals surface area contributed by atoms with Gasteiger partial charge in [0.1, 0.15) is 0 Å². The van der Waals surface area contributed by atoms with E-state index < -0.39 is 5.54 Å². The molecule has 1 fully saturated rings. The zero-order valence-corrected chi connectivity index (χ0v) is 12.5. The Morgan fingerprint density at radius 3 is 2.57 bits per heavy atom. The van der Waals surface area contributed by atoms with E-state index in [1.807, 2.05) is 30.3 Å². The van der Waals surface area contributed by atoms with Crippen LogP contribution in [0.15, 0.2) is 30.3 Å². The highest BCUT2D eigenvalue weighted by Crippen LogP contribution is 2.29. The topological polar surface area (TPSA) is 70.6 Å². The first-order valence-electron chi connectivity index (χ1n) is 7.42. The van der Waals surface area contributed by atoms with Gasteiger partial charge in [-0.25, -0.2) is 4.79 Å². The predicted octanol–water partition coefficient (Wildman–Crippen LogP) is 1.98. The number of methoxy groups -OCH3 is 1. The van der Waals surface area contributed by atoms with E-state index in [2.05, 4.69) is 10.6 Å². The highest BCUT2D eigenvalue weighted by Gasteiger charge is 2.35. The summed E-state index contributed by atoms with van der Waals surface area (Å²) in [7, 11) is 1.61. The standard InChI is InChI=1S/C16H24N2O3/c1-21-11-14(13-7-3-2-4-8-13)17-15(20)18-16(12-19)9-5-6-10-16/h2-4,7-8,14,19H,5-6,9-12H2,1H3,(H2,17,18,20). The number of urea groups is 1. The van der Waals surface area contributed by atoms with Crippen molar-refractivity contribution < 1.29 is 14.6 Å². The van der Waals surface area contributed by atoms with Crippen LogP contribution in [0.25, 0.3) is 0 Å².